The third kappa shape index (κ3) is 2.08. The van der Waals surface area contributed by atoms with Gasteiger partial charge in [-0.15, -0.1) is 0 Å². The van der Waals surface area contributed by atoms with Crippen molar-refractivity contribution in [3.63, 3.8) is 0 Å². The number of nitrogens with one attached hydrogen (secondary N) is 1. The number of hydrogen-bond acceptors (Lipinski definition) is 2. The fourth-order valence-corrected chi connectivity index (χ4v) is 2.01. The van der Waals surface area contributed by atoms with Crippen molar-refractivity contribution in [1.29, 1.82) is 0 Å². The van der Waals surface area contributed by atoms with E-state index in [1.165, 1.54) is 0 Å². The summed E-state index contributed by atoms with van der Waals surface area (Å²) in [6, 6.07) is 0.284. The van der Waals surface area contributed by atoms with Crippen LogP contribution in [-0.4, -0.2) is 22.7 Å². The van der Waals surface area contributed by atoms with Gasteiger partial charge in [-0.2, -0.15) is 0 Å². The van der Waals surface area contributed by atoms with E-state index in [0.29, 0.717) is 12.3 Å². The predicted molar refractivity (Wildman–Crippen MR) is 56.3 cm³/mol. The number of carbonyl (C=O) groups is 1. The number of rotatable bonds is 6. The molecule has 0 aromatic rings. The van der Waals surface area contributed by atoms with E-state index in [-0.39, 0.29) is 6.04 Å². The van der Waals surface area contributed by atoms with Gasteiger partial charge in [-0.05, 0) is 38.5 Å². The number of carboxylic acid groups (broad SMARTS) is 1. The maximum atomic E-state index is 11.3. The Bertz CT molecular complexity index is 213. The van der Waals surface area contributed by atoms with Crippen LogP contribution in [0.3, 0.4) is 0 Å². The zero-order chi connectivity index (χ0) is 10.8. The molecule has 3 nitrogen and oxygen atoms in total. The fourth-order valence-electron chi connectivity index (χ4n) is 2.01. The van der Waals surface area contributed by atoms with Crippen molar-refractivity contribution in [2.24, 2.45) is 5.92 Å². The van der Waals surface area contributed by atoms with Gasteiger partial charge < -0.3 is 5.11 Å². The van der Waals surface area contributed by atoms with Crippen molar-refractivity contribution in [2.75, 3.05) is 0 Å². The molecule has 0 aromatic heterocycles. The Kier molecular flexibility index (Phi) is 3.53. The molecule has 2 unspecified atom stereocenters. The molecule has 0 bridgehead atoms. The van der Waals surface area contributed by atoms with Gasteiger partial charge in [0, 0.05) is 6.04 Å². The SMILES string of the molecule is CCC(C)NC(CC)(C(=O)O)C1CC1. The lowest BCUT2D eigenvalue weighted by Crippen LogP contribution is -2.56. The smallest absolute Gasteiger partial charge is 0.324 e. The molecule has 3 heteroatoms. The standard InChI is InChI=1S/C11H21NO2/c1-4-8(3)12-11(5-2,10(13)14)9-6-7-9/h8-9,12H,4-7H2,1-3H3,(H,13,14). The lowest BCUT2D eigenvalue weighted by atomic mass is 9.89. The second-order valence-electron chi connectivity index (χ2n) is 4.36. The van der Waals surface area contributed by atoms with Crippen LogP contribution in [0.25, 0.3) is 0 Å². The second kappa shape index (κ2) is 4.30. The Balaban J connectivity index is 2.73. The minimum absolute atomic E-state index is 0.284. The molecule has 0 heterocycles. The summed E-state index contributed by atoms with van der Waals surface area (Å²) in [5.41, 5.74) is -0.657. The molecule has 0 radical (unpaired) electrons. The van der Waals surface area contributed by atoms with E-state index >= 15 is 0 Å². The van der Waals surface area contributed by atoms with Gasteiger partial charge in [0.25, 0.3) is 0 Å². The van der Waals surface area contributed by atoms with Gasteiger partial charge in [0.15, 0.2) is 0 Å². The summed E-state index contributed by atoms with van der Waals surface area (Å²) >= 11 is 0. The number of hydrogen-bond donors (Lipinski definition) is 2. The van der Waals surface area contributed by atoms with E-state index in [1.807, 2.05) is 6.92 Å². The first kappa shape index (κ1) is 11.5. The highest BCUT2D eigenvalue weighted by atomic mass is 16.4. The molecule has 1 aliphatic rings. The molecule has 0 aliphatic heterocycles. The highest BCUT2D eigenvalue weighted by Gasteiger charge is 2.50. The fraction of sp³-hybridized carbons (Fsp3) is 0.909. The van der Waals surface area contributed by atoms with Crippen molar-refractivity contribution < 1.29 is 9.90 Å². The normalized spacial score (nSPS) is 22.8. The van der Waals surface area contributed by atoms with E-state index in [2.05, 4.69) is 19.2 Å². The van der Waals surface area contributed by atoms with Gasteiger partial charge in [0.05, 0.1) is 0 Å². The van der Waals surface area contributed by atoms with E-state index in [9.17, 15) is 9.90 Å². The highest BCUT2D eigenvalue weighted by Crippen LogP contribution is 2.42. The molecule has 2 N–H and O–H groups in total. The Morgan fingerprint density at radius 3 is 2.43 bits per heavy atom. The maximum absolute atomic E-state index is 11.3. The Labute approximate surface area is 85.9 Å². The molecular weight excluding hydrogens is 178 g/mol. The van der Waals surface area contributed by atoms with Crippen LogP contribution in [0.1, 0.15) is 46.5 Å². The van der Waals surface area contributed by atoms with Crippen molar-refractivity contribution in [2.45, 2.75) is 58.0 Å². The molecular formula is C11H21NO2. The van der Waals surface area contributed by atoms with Crippen LogP contribution >= 0.6 is 0 Å². The molecule has 14 heavy (non-hydrogen) atoms. The van der Waals surface area contributed by atoms with Gasteiger partial charge in [-0.1, -0.05) is 13.8 Å². The summed E-state index contributed by atoms with van der Waals surface area (Å²) in [5, 5.41) is 12.6. The highest BCUT2D eigenvalue weighted by molar-refractivity contribution is 5.79. The van der Waals surface area contributed by atoms with Gasteiger partial charge in [-0.25, -0.2) is 0 Å². The van der Waals surface area contributed by atoms with Crippen LogP contribution in [0.4, 0.5) is 0 Å². The van der Waals surface area contributed by atoms with E-state index in [1.54, 1.807) is 0 Å². The number of carboxylic acids is 1. The van der Waals surface area contributed by atoms with Crippen molar-refractivity contribution in [1.82, 2.24) is 5.32 Å². The molecule has 0 spiro atoms. The van der Waals surface area contributed by atoms with Crippen molar-refractivity contribution in [3.8, 4) is 0 Å². The van der Waals surface area contributed by atoms with Gasteiger partial charge >= 0.3 is 5.97 Å². The summed E-state index contributed by atoms with van der Waals surface area (Å²) in [7, 11) is 0. The molecule has 1 saturated carbocycles. The molecule has 0 aromatic carbocycles. The monoisotopic (exact) mass is 199 g/mol. The van der Waals surface area contributed by atoms with Gasteiger partial charge in [0.2, 0.25) is 0 Å². The van der Waals surface area contributed by atoms with E-state index < -0.39 is 11.5 Å². The van der Waals surface area contributed by atoms with Crippen LogP contribution in [0.2, 0.25) is 0 Å². The van der Waals surface area contributed by atoms with Crippen LogP contribution in [0.5, 0.6) is 0 Å². The summed E-state index contributed by atoms with van der Waals surface area (Å²) in [6.07, 6.45) is 3.77. The van der Waals surface area contributed by atoms with Crippen molar-refractivity contribution >= 4 is 5.97 Å². The quantitative estimate of drug-likeness (QED) is 0.688. The first-order valence-corrected chi connectivity index (χ1v) is 5.57. The topological polar surface area (TPSA) is 49.3 Å². The molecule has 0 amide bonds. The van der Waals surface area contributed by atoms with E-state index in [4.69, 9.17) is 0 Å². The third-order valence-corrected chi connectivity index (χ3v) is 3.33. The van der Waals surface area contributed by atoms with Crippen molar-refractivity contribution in [3.05, 3.63) is 0 Å². The largest absolute Gasteiger partial charge is 0.480 e. The maximum Gasteiger partial charge on any atom is 0.324 e. The second-order valence-corrected chi connectivity index (χ2v) is 4.36. The third-order valence-electron chi connectivity index (χ3n) is 3.33. The molecule has 1 aliphatic carbocycles. The lowest BCUT2D eigenvalue weighted by molar-refractivity contribution is -0.146. The van der Waals surface area contributed by atoms with E-state index in [0.717, 1.165) is 19.3 Å². The van der Waals surface area contributed by atoms with Crippen LogP contribution < -0.4 is 5.32 Å². The molecule has 0 saturated heterocycles. The molecule has 1 fully saturated rings. The predicted octanol–water partition coefficient (Wildman–Crippen LogP) is 2.02. The average Bonchev–Trinajstić information content (AvgIpc) is 2.96. The van der Waals surface area contributed by atoms with Crippen LogP contribution in [0, 0.1) is 5.92 Å². The molecule has 82 valence electrons. The van der Waals surface area contributed by atoms with Crippen LogP contribution in [0.15, 0.2) is 0 Å². The minimum atomic E-state index is -0.678. The Morgan fingerprint density at radius 1 is 1.57 bits per heavy atom. The Hall–Kier alpha value is -0.570. The first-order valence-electron chi connectivity index (χ1n) is 5.57. The zero-order valence-electron chi connectivity index (χ0n) is 9.34. The van der Waals surface area contributed by atoms with Gasteiger partial charge in [-0.3, -0.25) is 10.1 Å². The minimum Gasteiger partial charge on any atom is -0.480 e. The molecule has 1 rings (SSSR count). The molecule has 2 atom stereocenters. The summed E-state index contributed by atoms with van der Waals surface area (Å²) < 4.78 is 0. The first-order chi connectivity index (χ1) is 6.56. The lowest BCUT2D eigenvalue weighted by Gasteiger charge is -2.32. The Morgan fingerprint density at radius 2 is 2.14 bits per heavy atom. The summed E-state index contributed by atoms with van der Waals surface area (Å²) in [5.74, 6) is -0.332. The summed E-state index contributed by atoms with van der Waals surface area (Å²) in [4.78, 5) is 11.3. The van der Waals surface area contributed by atoms with Gasteiger partial charge in [0.1, 0.15) is 5.54 Å². The zero-order valence-corrected chi connectivity index (χ0v) is 9.34. The summed E-state index contributed by atoms with van der Waals surface area (Å²) in [6.45, 7) is 6.09. The number of aliphatic carboxylic acids is 1. The van der Waals surface area contributed by atoms with Crippen LogP contribution in [-0.2, 0) is 4.79 Å². The average molecular weight is 199 g/mol.